The lowest BCUT2D eigenvalue weighted by Crippen LogP contribution is -2.33. The Kier molecular flexibility index (Phi) is 6.52. The number of amides is 1. The molecule has 3 N–H and O–H groups in total. The first-order valence-corrected chi connectivity index (χ1v) is 11.2. The van der Waals surface area contributed by atoms with Crippen molar-refractivity contribution in [2.24, 2.45) is 17.6 Å². The van der Waals surface area contributed by atoms with Crippen molar-refractivity contribution in [3.63, 3.8) is 0 Å². The number of nitrogens with one attached hydrogen (secondary N) is 1. The van der Waals surface area contributed by atoms with Gasteiger partial charge in [-0.2, -0.15) is 0 Å². The molecule has 1 amide bonds. The van der Waals surface area contributed by atoms with Crippen LogP contribution in [-0.2, 0) is 6.54 Å². The number of aromatic nitrogens is 1. The van der Waals surface area contributed by atoms with E-state index in [1.54, 1.807) is 12.1 Å². The van der Waals surface area contributed by atoms with Gasteiger partial charge < -0.3 is 15.8 Å². The molecule has 4 rings (SSSR count). The molecule has 1 saturated carbocycles. The van der Waals surface area contributed by atoms with Crippen molar-refractivity contribution < 1.29 is 9.53 Å². The minimum atomic E-state index is -0.501. The van der Waals surface area contributed by atoms with Crippen molar-refractivity contribution in [2.45, 2.75) is 52.1 Å². The average molecular weight is 418 g/mol. The summed E-state index contributed by atoms with van der Waals surface area (Å²) in [6.07, 6.45) is 6.60. The molecule has 5 nitrogen and oxygen atoms in total. The molecule has 31 heavy (non-hydrogen) atoms. The summed E-state index contributed by atoms with van der Waals surface area (Å²) < 4.78 is 6.03. The first kappa shape index (κ1) is 21.3. The summed E-state index contributed by atoms with van der Waals surface area (Å²) in [7, 11) is 0. The predicted molar refractivity (Wildman–Crippen MR) is 124 cm³/mol. The molecule has 5 heteroatoms. The van der Waals surface area contributed by atoms with Gasteiger partial charge in [0.1, 0.15) is 5.75 Å². The van der Waals surface area contributed by atoms with E-state index in [1.165, 1.54) is 42.8 Å². The Labute approximate surface area is 184 Å². The third-order valence-electron chi connectivity index (χ3n) is 6.51. The number of nitrogens with zero attached hydrogens (tertiary/aromatic N) is 1. The lowest BCUT2D eigenvalue weighted by Gasteiger charge is -2.31. The van der Waals surface area contributed by atoms with Crippen molar-refractivity contribution >= 4 is 16.7 Å². The van der Waals surface area contributed by atoms with Crippen LogP contribution in [0.4, 0.5) is 0 Å². The van der Waals surface area contributed by atoms with Crippen molar-refractivity contribution in [3.8, 4) is 11.6 Å². The highest BCUT2D eigenvalue weighted by Crippen LogP contribution is 2.33. The number of carbonyl (C=O) groups is 1. The normalized spacial score (nSPS) is 18.9. The van der Waals surface area contributed by atoms with Crippen LogP contribution in [0.25, 0.3) is 10.8 Å². The van der Waals surface area contributed by atoms with Crippen molar-refractivity contribution in [1.29, 1.82) is 0 Å². The van der Waals surface area contributed by atoms with Crippen LogP contribution in [0.1, 0.15) is 55.5 Å². The van der Waals surface area contributed by atoms with E-state index in [9.17, 15) is 4.79 Å². The minimum Gasteiger partial charge on any atom is -0.438 e. The number of ether oxygens (including phenoxy) is 1. The fourth-order valence-electron chi connectivity index (χ4n) is 4.52. The highest BCUT2D eigenvalue weighted by atomic mass is 16.5. The van der Waals surface area contributed by atoms with Crippen LogP contribution >= 0.6 is 0 Å². The molecule has 1 aliphatic carbocycles. The lowest BCUT2D eigenvalue weighted by molar-refractivity contribution is 0.1000. The van der Waals surface area contributed by atoms with E-state index in [4.69, 9.17) is 10.5 Å². The van der Waals surface area contributed by atoms with E-state index in [2.05, 4.69) is 48.4 Å². The van der Waals surface area contributed by atoms with Gasteiger partial charge in [-0.15, -0.1) is 0 Å². The second kappa shape index (κ2) is 9.48. The summed E-state index contributed by atoms with van der Waals surface area (Å²) in [5.74, 6) is 2.35. The van der Waals surface area contributed by atoms with Crippen LogP contribution in [0.5, 0.6) is 11.6 Å². The number of benzene rings is 2. The monoisotopic (exact) mass is 417 g/mol. The van der Waals surface area contributed by atoms with E-state index in [-0.39, 0.29) is 0 Å². The Morgan fingerprint density at radius 1 is 1.06 bits per heavy atom. The maximum atomic E-state index is 11.2. The van der Waals surface area contributed by atoms with Crippen LogP contribution in [0, 0.1) is 11.8 Å². The highest BCUT2D eigenvalue weighted by Gasteiger charge is 2.23. The molecule has 1 heterocycles. The van der Waals surface area contributed by atoms with Gasteiger partial charge in [-0.1, -0.05) is 44.2 Å². The van der Waals surface area contributed by atoms with Crippen LogP contribution < -0.4 is 15.8 Å². The van der Waals surface area contributed by atoms with Crippen molar-refractivity contribution in [3.05, 3.63) is 65.9 Å². The van der Waals surface area contributed by atoms with Gasteiger partial charge in [0, 0.05) is 30.2 Å². The zero-order valence-corrected chi connectivity index (χ0v) is 18.3. The topological polar surface area (TPSA) is 77.2 Å². The predicted octanol–water partition coefficient (Wildman–Crippen LogP) is 5.43. The Hall–Kier alpha value is -2.92. The standard InChI is InChI=1S/C26H31N3O2/c1-17(2)18-7-11-21(12-8-18)28-15-19-9-13-24(23-6-4-3-5-22(19)23)31-25-14-10-20(16-29-25)26(27)30/h3-6,9-10,13-14,16-18,21,28H,7-8,11-12,15H2,1-2H3,(H2,27,30)/t18-,21-. The number of pyridine rings is 1. The van der Waals surface area contributed by atoms with Crippen LogP contribution in [-0.4, -0.2) is 16.9 Å². The third-order valence-corrected chi connectivity index (χ3v) is 6.51. The number of carbonyl (C=O) groups excluding carboxylic acids is 1. The fourth-order valence-corrected chi connectivity index (χ4v) is 4.52. The molecule has 0 atom stereocenters. The van der Waals surface area contributed by atoms with Gasteiger partial charge in [-0.25, -0.2) is 4.98 Å². The van der Waals surface area contributed by atoms with E-state index in [1.807, 2.05) is 12.1 Å². The summed E-state index contributed by atoms with van der Waals surface area (Å²) >= 11 is 0. The molecule has 0 saturated heterocycles. The Morgan fingerprint density at radius 2 is 1.81 bits per heavy atom. The molecule has 162 valence electrons. The molecule has 2 aromatic carbocycles. The first-order valence-electron chi connectivity index (χ1n) is 11.2. The summed E-state index contributed by atoms with van der Waals surface area (Å²) in [5.41, 5.74) is 6.92. The maximum absolute atomic E-state index is 11.2. The summed E-state index contributed by atoms with van der Waals surface area (Å²) in [5, 5.41) is 6.00. The van der Waals surface area contributed by atoms with Gasteiger partial charge >= 0.3 is 0 Å². The molecule has 1 aromatic heterocycles. The zero-order chi connectivity index (χ0) is 21.8. The summed E-state index contributed by atoms with van der Waals surface area (Å²) in [6.45, 7) is 5.54. The molecule has 1 fully saturated rings. The number of hydrogen-bond donors (Lipinski definition) is 2. The highest BCUT2D eigenvalue weighted by molar-refractivity contribution is 5.92. The van der Waals surface area contributed by atoms with Crippen molar-refractivity contribution in [2.75, 3.05) is 0 Å². The molecular weight excluding hydrogens is 386 g/mol. The Balaban J connectivity index is 1.47. The summed E-state index contributed by atoms with van der Waals surface area (Å²) in [6, 6.07) is 16.3. The third kappa shape index (κ3) is 5.05. The lowest BCUT2D eigenvalue weighted by atomic mass is 9.79. The number of primary amides is 1. The van der Waals surface area contributed by atoms with Crippen molar-refractivity contribution in [1.82, 2.24) is 10.3 Å². The van der Waals surface area contributed by atoms with Gasteiger partial charge in [0.25, 0.3) is 0 Å². The van der Waals surface area contributed by atoms with Gasteiger partial charge in [0.2, 0.25) is 11.8 Å². The van der Waals surface area contributed by atoms with E-state index in [0.717, 1.165) is 29.5 Å². The second-order valence-electron chi connectivity index (χ2n) is 8.86. The van der Waals surface area contributed by atoms with Gasteiger partial charge in [0.05, 0.1) is 5.56 Å². The molecule has 0 bridgehead atoms. The second-order valence-corrected chi connectivity index (χ2v) is 8.86. The SMILES string of the molecule is CC(C)[C@H]1CC[C@H](NCc2ccc(Oc3ccc(C(N)=O)cn3)c3ccccc23)CC1. The quantitative estimate of drug-likeness (QED) is 0.537. The van der Waals surface area contributed by atoms with Gasteiger partial charge in [0.15, 0.2) is 0 Å². The molecule has 3 aromatic rings. The molecule has 0 aliphatic heterocycles. The first-order chi connectivity index (χ1) is 15.0. The fraction of sp³-hybridized carbons (Fsp3) is 0.385. The molecule has 1 aliphatic rings. The smallest absolute Gasteiger partial charge is 0.250 e. The van der Waals surface area contributed by atoms with E-state index >= 15 is 0 Å². The average Bonchev–Trinajstić information content (AvgIpc) is 2.79. The van der Waals surface area contributed by atoms with Gasteiger partial charge in [-0.3, -0.25) is 4.79 Å². The molecule has 0 spiro atoms. The maximum Gasteiger partial charge on any atom is 0.250 e. The molecule has 0 unspecified atom stereocenters. The number of fused-ring (bicyclic) bond motifs is 1. The van der Waals surface area contributed by atoms with Crippen LogP contribution in [0.15, 0.2) is 54.7 Å². The summed E-state index contributed by atoms with van der Waals surface area (Å²) in [4.78, 5) is 15.4. The Morgan fingerprint density at radius 3 is 2.45 bits per heavy atom. The van der Waals surface area contributed by atoms with Gasteiger partial charge in [-0.05, 0) is 60.6 Å². The minimum absolute atomic E-state index is 0.362. The van der Waals surface area contributed by atoms with E-state index in [0.29, 0.717) is 17.5 Å². The number of hydrogen-bond acceptors (Lipinski definition) is 4. The zero-order valence-electron chi connectivity index (χ0n) is 18.3. The van der Waals surface area contributed by atoms with Crippen LogP contribution in [0.3, 0.4) is 0 Å². The Bertz CT molecular complexity index is 1040. The number of nitrogens with two attached hydrogens (primary N) is 1. The van der Waals surface area contributed by atoms with E-state index < -0.39 is 5.91 Å². The molecule has 0 radical (unpaired) electrons. The number of rotatable bonds is 7. The molecular formula is C26H31N3O2. The van der Waals surface area contributed by atoms with Crippen LogP contribution in [0.2, 0.25) is 0 Å². The largest absolute Gasteiger partial charge is 0.438 e.